The summed E-state index contributed by atoms with van der Waals surface area (Å²) < 4.78 is 19.3. The molecule has 2 atom stereocenters. The average molecular weight is 318 g/mol. The number of nitrogens with two attached hydrogens (primary N) is 1. The minimum atomic E-state index is -0.598. The van der Waals surface area contributed by atoms with Gasteiger partial charge in [-0.3, -0.25) is 4.79 Å². The van der Waals surface area contributed by atoms with Crippen LogP contribution in [0.4, 0.5) is 4.39 Å². The lowest BCUT2D eigenvalue weighted by molar-refractivity contribution is -0.0321. The first-order valence-electron chi connectivity index (χ1n) is 8.36. The van der Waals surface area contributed by atoms with Crippen LogP contribution >= 0.6 is 0 Å². The minimum absolute atomic E-state index is 0.0474. The van der Waals surface area contributed by atoms with Crippen molar-refractivity contribution in [3.8, 4) is 5.75 Å². The Morgan fingerprint density at radius 1 is 1.30 bits per heavy atom. The van der Waals surface area contributed by atoms with Gasteiger partial charge in [-0.05, 0) is 62.5 Å². The summed E-state index contributed by atoms with van der Waals surface area (Å²) in [5.74, 6) is 0.332. The molecule has 0 aliphatic heterocycles. The molecule has 2 unspecified atom stereocenters. The molecule has 5 heteroatoms. The number of carbonyl (C=O) groups excluding carboxylic acids is 1. The van der Waals surface area contributed by atoms with Gasteiger partial charge in [-0.25, -0.2) is 4.39 Å². The summed E-state index contributed by atoms with van der Waals surface area (Å²) in [5.41, 5.74) is 6.19. The maximum Gasteiger partial charge on any atom is 0.254 e. The van der Waals surface area contributed by atoms with E-state index in [2.05, 4.69) is 5.32 Å². The average Bonchev–Trinajstić information content (AvgIpc) is 2.44. The fourth-order valence-electron chi connectivity index (χ4n) is 5.63. The Bertz CT molecular complexity index is 646. The lowest BCUT2D eigenvalue weighted by Crippen LogP contribution is -2.68. The van der Waals surface area contributed by atoms with E-state index in [1.807, 2.05) is 0 Å². The monoisotopic (exact) mass is 318 g/mol. The normalized spacial score (nSPS) is 37.7. The zero-order valence-corrected chi connectivity index (χ0v) is 13.4. The number of nitrogens with one attached hydrogen (secondary N) is 1. The second-order valence-corrected chi connectivity index (χ2v) is 7.88. The van der Waals surface area contributed by atoms with E-state index >= 15 is 0 Å². The molecule has 4 fully saturated rings. The molecule has 23 heavy (non-hydrogen) atoms. The van der Waals surface area contributed by atoms with Crippen LogP contribution in [0.5, 0.6) is 5.75 Å². The van der Waals surface area contributed by atoms with Crippen LogP contribution < -0.4 is 15.8 Å². The van der Waals surface area contributed by atoms with Gasteiger partial charge in [0, 0.05) is 11.1 Å². The van der Waals surface area contributed by atoms with Crippen LogP contribution in [-0.2, 0) is 0 Å². The van der Waals surface area contributed by atoms with Gasteiger partial charge in [0.25, 0.3) is 5.91 Å². The lowest BCUT2D eigenvalue weighted by atomic mass is 9.50. The number of amides is 1. The van der Waals surface area contributed by atoms with Crippen molar-refractivity contribution in [2.45, 2.75) is 49.6 Å². The number of carbonyl (C=O) groups is 1. The van der Waals surface area contributed by atoms with E-state index in [4.69, 9.17) is 10.5 Å². The Labute approximate surface area is 135 Å². The predicted octanol–water partition coefficient (Wildman–Crippen LogP) is 2.61. The van der Waals surface area contributed by atoms with Crippen molar-refractivity contribution < 1.29 is 13.9 Å². The third-order valence-electron chi connectivity index (χ3n) is 5.91. The maximum atomic E-state index is 14.3. The fraction of sp³-hybridized carbons (Fsp3) is 0.611. The number of hydrogen-bond acceptors (Lipinski definition) is 3. The van der Waals surface area contributed by atoms with E-state index in [9.17, 15) is 9.18 Å². The van der Waals surface area contributed by atoms with Crippen LogP contribution in [0.25, 0.3) is 0 Å². The van der Waals surface area contributed by atoms with Crippen LogP contribution in [0.2, 0.25) is 0 Å². The molecule has 0 radical (unpaired) electrons. The summed E-state index contributed by atoms with van der Waals surface area (Å²) in [5, 5.41) is 3.14. The highest BCUT2D eigenvalue weighted by Gasteiger charge is 2.56. The van der Waals surface area contributed by atoms with E-state index in [0.717, 1.165) is 32.1 Å². The molecule has 4 bridgehead atoms. The molecule has 4 aliphatic rings. The van der Waals surface area contributed by atoms with E-state index in [-0.39, 0.29) is 28.3 Å². The van der Waals surface area contributed by atoms with Crippen molar-refractivity contribution in [1.82, 2.24) is 5.32 Å². The van der Waals surface area contributed by atoms with Crippen molar-refractivity contribution in [3.05, 3.63) is 29.6 Å². The van der Waals surface area contributed by atoms with Crippen LogP contribution in [0.3, 0.4) is 0 Å². The van der Waals surface area contributed by atoms with Gasteiger partial charge < -0.3 is 15.8 Å². The number of halogens is 1. The topological polar surface area (TPSA) is 64.3 Å². The smallest absolute Gasteiger partial charge is 0.254 e. The fourth-order valence-corrected chi connectivity index (χ4v) is 5.63. The van der Waals surface area contributed by atoms with E-state index in [1.54, 1.807) is 6.07 Å². The number of methoxy groups -OCH3 is 1. The van der Waals surface area contributed by atoms with Crippen LogP contribution in [-0.4, -0.2) is 24.1 Å². The van der Waals surface area contributed by atoms with Gasteiger partial charge in [0.2, 0.25) is 0 Å². The Morgan fingerprint density at radius 3 is 2.61 bits per heavy atom. The Balaban J connectivity index is 1.60. The second kappa shape index (κ2) is 4.94. The minimum Gasteiger partial charge on any atom is -0.494 e. The Morgan fingerprint density at radius 2 is 2.00 bits per heavy atom. The zero-order valence-electron chi connectivity index (χ0n) is 13.4. The number of benzene rings is 1. The first-order chi connectivity index (χ1) is 10.9. The third-order valence-corrected chi connectivity index (χ3v) is 5.91. The molecule has 0 spiro atoms. The summed E-state index contributed by atoms with van der Waals surface area (Å²) in [4.78, 5) is 12.7. The Kier molecular flexibility index (Phi) is 3.21. The molecular formula is C18H23FN2O2. The van der Waals surface area contributed by atoms with Gasteiger partial charge >= 0.3 is 0 Å². The number of hydrogen-bond donors (Lipinski definition) is 2. The van der Waals surface area contributed by atoms with Crippen molar-refractivity contribution in [3.63, 3.8) is 0 Å². The van der Waals surface area contributed by atoms with Crippen molar-refractivity contribution in [1.29, 1.82) is 0 Å². The molecule has 3 N–H and O–H groups in total. The van der Waals surface area contributed by atoms with E-state index < -0.39 is 5.82 Å². The van der Waals surface area contributed by atoms with Gasteiger partial charge in [0.05, 0.1) is 12.7 Å². The molecule has 1 aromatic carbocycles. The lowest BCUT2D eigenvalue weighted by Gasteiger charge is -2.61. The van der Waals surface area contributed by atoms with E-state index in [1.165, 1.54) is 25.7 Å². The van der Waals surface area contributed by atoms with Crippen LogP contribution in [0, 0.1) is 17.7 Å². The van der Waals surface area contributed by atoms with Gasteiger partial charge in [0.1, 0.15) is 0 Å². The molecule has 4 nitrogen and oxygen atoms in total. The first-order valence-corrected chi connectivity index (χ1v) is 8.36. The van der Waals surface area contributed by atoms with Gasteiger partial charge in [-0.1, -0.05) is 6.07 Å². The molecule has 0 heterocycles. The van der Waals surface area contributed by atoms with E-state index in [0.29, 0.717) is 11.8 Å². The molecule has 5 rings (SSSR count). The summed E-state index contributed by atoms with van der Waals surface area (Å²) in [6, 6.07) is 4.67. The molecule has 4 saturated carbocycles. The largest absolute Gasteiger partial charge is 0.494 e. The van der Waals surface area contributed by atoms with Crippen LogP contribution in [0.15, 0.2) is 18.2 Å². The molecule has 4 aliphatic carbocycles. The number of rotatable bonds is 3. The maximum absolute atomic E-state index is 14.3. The molecule has 1 amide bonds. The predicted molar refractivity (Wildman–Crippen MR) is 84.7 cm³/mol. The van der Waals surface area contributed by atoms with Gasteiger partial charge in [0.15, 0.2) is 11.6 Å². The highest BCUT2D eigenvalue weighted by atomic mass is 19.1. The molecule has 1 aromatic rings. The zero-order chi connectivity index (χ0) is 16.2. The molecule has 0 saturated heterocycles. The van der Waals surface area contributed by atoms with Crippen molar-refractivity contribution in [2.75, 3.05) is 7.11 Å². The standard InChI is InChI=1S/C18H23FN2O2/c1-23-14-4-2-3-13(15(14)19)16(22)21-18-8-11-5-12(9-18)7-17(20,6-11)10-18/h2-4,11-12H,5-10,20H2,1H3,(H,21,22). The third kappa shape index (κ3) is 2.42. The highest BCUT2D eigenvalue weighted by Crippen LogP contribution is 2.56. The highest BCUT2D eigenvalue weighted by molar-refractivity contribution is 5.95. The SMILES string of the molecule is COc1cccc(C(=O)NC23CC4CC(CC(N)(C4)C2)C3)c1F. The molecular weight excluding hydrogens is 295 g/mol. The summed E-state index contributed by atoms with van der Waals surface area (Å²) >= 11 is 0. The second-order valence-electron chi connectivity index (χ2n) is 7.88. The molecule has 124 valence electrons. The summed E-state index contributed by atoms with van der Waals surface area (Å²) in [6.45, 7) is 0. The van der Waals surface area contributed by atoms with Gasteiger partial charge in [-0.2, -0.15) is 0 Å². The van der Waals surface area contributed by atoms with Gasteiger partial charge in [-0.15, -0.1) is 0 Å². The summed E-state index contributed by atoms with van der Waals surface area (Å²) in [7, 11) is 1.40. The quantitative estimate of drug-likeness (QED) is 0.900. The molecule has 0 aromatic heterocycles. The van der Waals surface area contributed by atoms with Crippen molar-refractivity contribution in [2.24, 2.45) is 17.6 Å². The summed E-state index contributed by atoms with van der Waals surface area (Å²) in [6.07, 6.45) is 6.11. The number of ether oxygens (including phenoxy) is 1. The first kappa shape index (κ1) is 14.9. The van der Waals surface area contributed by atoms with Crippen molar-refractivity contribution >= 4 is 5.91 Å². The Hall–Kier alpha value is -1.62. The van der Waals surface area contributed by atoms with Crippen LogP contribution in [0.1, 0.15) is 48.9 Å².